The normalized spacial score (nSPS) is 13.8. The molecule has 47 heavy (non-hydrogen) atoms. The number of nitrogens with one attached hydrogen (secondary N) is 4. The van der Waals surface area contributed by atoms with Gasteiger partial charge in [-0.3, -0.25) is 14.9 Å². The first-order chi connectivity index (χ1) is 22.6. The van der Waals surface area contributed by atoms with E-state index in [0.29, 0.717) is 23.4 Å². The highest BCUT2D eigenvalue weighted by molar-refractivity contribution is 6.01. The van der Waals surface area contributed by atoms with Crippen LogP contribution in [0.25, 0.3) is 11.1 Å². The third kappa shape index (κ3) is 11.8. The fraction of sp³-hybridized carbons (Fsp3) is 0.389. The van der Waals surface area contributed by atoms with Crippen molar-refractivity contribution in [3.63, 3.8) is 0 Å². The van der Waals surface area contributed by atoms with Crippen molar-refractivity contribution in [2.45, 2.75) is 45.3 Å². The van der Waals surface area contributed by atoms with Crippen LogP contribution in [0.4, 0.5) is 15.3 Å². The summed E-state index contributed by atoms with van der Waals surface area (Å²) in [5, 5.41) is 11.4. The monoisotopic (exact) mass is 643 g/mol. The zero-order valence-electron chi connectivity index (χ0n) is 27.3. The number of benzene rings is 3. The van der Waals surface area contributed by atoms with E-state index < -0.39 is 17.8 Å². The Morgan fingerprint density at radius 3 is 2.21 bits per heavy atom. The second kappa shape index (κ2) is 17.3. The van der Waals surface area contributed by atoms with Gasteiger partial charge in [0.25, 0.3) is 5.91 Å². The number of carbonyl (C=O) groups excluding carboxylic acids is 4. The van der Waals surface area contributed by atoms with Gasteiger partial charge in [-0.15, -0.1) is 0 Å². The van der Waals surface area contributed by atoms with Crippen LogP contribution >= 0.6 is 0 Å². The third-order valence-corrected chi connectivity index (χ3v) is 7.47. The van der Waals surface area contributed by atoms with Crippen LogP contribution in [0.3, 0.4) is 0 Å². The van der Waals surface area contributed by atoms with E-state index in [0.717, 1.165) is 43.6 Å². The lowest BCUT2D eigenvalue weighted by molar-refractivity contribution is 0.0525. The van der Waals surface area contributed by atoms with E-state index in [9.17, 15) is 19.2 Å². The lowest BCUT2D eigenvalue weighted by Gasteiger charge is -2.31. The molecule has 4 N–H and O–H groups in total. The van der Waals surface area contributed by atoms with E-state index in [4.69, 9.17) is 9.47 Å². The first-order valence-electron chi connectivity index (χ1n) is 16.0. The average Bonchev–Trinajstić information content (AvgIpc) is 3.05. The molecule has 3 amide bonds. The van der Waals surface area contributed by atoms with Crippen molar-refractivity contribution in [2.75, 3.05) is 51.1 Å². The smallest absolute Gasteiger partial charge is 0.411 e. The number of ketones is 1. The fourth-order valence-electron chi connectivity index (χ4n) is 5.13. The number of alkyl carbamates (subject to hydrolysis) is 1. The standard InChI is InChI=1S/C36H45N5O6/c1-36(2,3)47-34(44)39-19-18-38-33(43)28-13-9-12-27(24-28)32(42)25-37-20-23-41-21-16-29(17-22-41)46-35(45)40-31-15-8-7-14-30(31)26-10-5-4-6-11-26/h4-15,24,29,37H,16-23,25H2,1-3H3,(H,38,43)(H,39,44)(H,40,45). The number of hydrogen-bond acceptors (Lipinski definition) is 8. The Morgan fingerprint density at radius 1 is 0.787 bits per heavy atom. The van der Waals surface area contributed by atoms with Crippen molar-refractivity contribution in [1.29, 1.82) is 0 Å². The number of likely N-dealkylation sites (tertiary alicyclic amines) is 1. The number of nitrogens with zero attached hydrogens (tertiary/aromatic N) is 1. The molecule has 11 nitrogen and oxygen atoms in total. The van der Waals surface area contributed by atoms with E-state index in [2.05, 4.69) is 26.2 Å². The first-order valence-corrected chi connectivity index (χ1v) is 16.0. The zero-order valence-corrected chi connectivity index (χ0v) is 27.3. The van der Waals surface area contributed by atoms with Crippen LogP contribution in [0.2, 0.25) is 0 Å². The topological polar surface area (TPSA) is 138 Å². The molecule has 0 aliphatic carbocycles. The number of ether oxygens (including phenoxy) is 2. The predicted molar refractivity (Wildman–Crippen MR) is 182 cm³/mol. The van der Waals surface area contributed by atoms with Gasteiger partial charge in [0.05, 0.1) is 12.2 Å². The molecule has 11 heteroatoms. The van der Waals surface area contributed by atoms with E-state index >= 15 is 0 Å². The summed E-state index contributed by atoms with van der Waals surface area (Å²) < 4.78 is 10.9. The second-order valence-electron chi connectivity index (χ2n) is 12.3. The first kappa shape index (κ1) is 35.1. The fourth-order valence-corrected chi connectivity index (χ4v) is 5.13. The van der Waals surface area contributed by atoms with Crippen molar-refractivity contribution < 1.29 is 28.7 Å². The Labute approximate surface area is 276 Å². The number of para-hydroxylation sites is 1. The molecule has 1 aliphatic rings. The largest absolute Gasteiger partial charge is 0.446 e. The molecule has 1 fully saturated rings. The highest BCUT2D eigenvalue weighted by atomic mass is 16.6. The number of hydrogen-bond donors (Lipinski definition) is 4. The van der Waals surface area contributed by atoms with Gasteiger partial charge in [-0.05, 0) is 57.4 Å². The van der Waals surface area contributed by atoms with Crippen molar-refractivity contribution >= 4 is 29.6 Å². The Hall–Kier alpha value is -4.74. The number of Topliss-reactive ketones (excluding diaryl/α,β-unsaturated/α-hetero) is 1. The minimum Gasteiger partial charge on any atom is -0.446 e. The molecular weight excluding hydrogens is 598 g/mol. The molecule has 0 aromatic heterocycles. The molecule has 3 aromatic carbocycles. The molecule has 0 atom stereocenters. The summed E-state index contributed by atoms with van der Waals surface area (Å²) in [6.07, 6.45) is 0.308. The van der Waals surface area contributed by atoms with Gasteiger partial charge in [0.2, 0.25) is 0 Å². The summed E-state index contributed by atoms with van der Waals surface area (Å²) in [5.41, 5.74) is 2.88. The summed E-state index contributed by atoms with van der Waals surface area (Å²) in [6, 6.07) is 24.1. The highest BCUT2D eigenvalue weighted by Gasteiger charge is 2.23. The van der Waals surface area contributed by atoms with E-state index in [-0.39, 0.29) is 37.4 Å². The van der Waals surface area contributed by atoms with E-state index in [1.165, 1.54) is 0 Å². The van der Waals surface area contributed by atoms with Gasteiger partial charge in [0, 0.05) is 56.0 Å². The lowest BCUT2D eigenvalue weighted by atomic mass is 10.0. The van der Waals surface area contributed by atoms with Crippen molar-refractivity contribution in [3.8, 4) is 11.1 Å². The zero-order chi connectivity index (χ0) is 33.6. The van der Waals surface area contributed by atoms with Crippen LogP contribution in [-0.4, -0.2) is 86.3 Å². The number of amides is 3. The van der Waals surface area contributed by atoms with Gasteiger partial charge in [-0.1, -0.05) is 60.7 Å². The Balaban J connectivity index is 1.11. The van der Waals surface area contributed by atoms with Crippen molar-refractivity contribution in [2.24, 2.45) is 0 Å². The molecule has 250 valence electrons. The number of rotatable bonds is 13. The molecule has 1 aliphatic heterocycles. The van der Waals surface area contributed by atoms with Crippen LogP contribution in [0.1, 0.15) is 54.3 Å². The number of carbonyl (C=O) groups is 4. The summed E-state index contributed by atoms with van der Waals surface area (Å²) in [6.45, 7) is 8.87. The summed E-state index contributed by atoms with van der Waals surface area (Å²) in [5.74, 6) is -0.446. The maximum atomic E-state index is 12.8. The minimum absolute atomic E-state index is 0.113. The van der Waals surface area contributed by atoms with Crippen LogP contribution in [0, 0.1) is 0 Å². The summed E-state index contributed by atoms with van der Waals surface area (Å²) in [4.78, 5) is 52.0. The van der Waals surface area contributed by atoms with Crippen molar-refractivity contribution in [1.82, 2.24) is 20.9 Å². The molecule has 4 rings (SSSR count). The molecule has 1 heterocycles. The Bertz CT molecular complexity index is 1500. The molecule has 3 aromatic rings. The van der Waals surface area contributed by atoms with Crippen LogP contribution in [0.5, 0.6) is 0 Å². The summed E-state index contributed by atoms with van der Waals surface area (Å²) >= 11 is 0. The van der Waals surface area contributed by atoms with Gasteiger partial charge in [0.15, 0.2) is 5.78 Å². The molecule has 0 radical (unpaired) electrons. The lowest BCUT2D eigenvalue weighted by Crippen LogP contribution is -2.42. The maximum Gasteiger partial charge on any atom is 0.411 e. The highest BCUT2D eigenvalue weighted by Crippen LogP contribution is 2.28. The minimum atomic E-state index is -0.597. The van der Waals surface area contributed by atoms with Gasteiger partial charge < -0.3 is 30.3 Å². The van der Waals surface area contributed by atoms with E-state index in [1.807, 2.05) is 54.6 Å². The van der Waals surface area contributed by atoms with Crippen LogP contribution in [-0.2, 0) is 9.47 Å². The predicted octanol–water partition coefficient (Wildman–Crippen LogP) is 5.09. The van der Waals surface area contributed by atoms with Gasteiger partial charge in [-0.25, -0.2) is 9.59 Å². The van der Waals surface area contributed by atoms with Crippen molar-refractivity contribution in [3.05, 3.63) is 90.0 Å². The molecule has 0 spiro atoms. The molecule has 1 saturated heterocycles. The Kier molecular flexibility index (Phi) is 12.9. The van der Waals surface area contributed by atoms with Gasteiger partial charge in [-0.2, -0.15) is 0 Å². The Morgan fingerprint density at radius 2 is 1.47 bits per heavy atom. The van der Waals surface area contributed by atoms with Crippen LogP contribution < -0.4 is 21.3 Å². The second-order valence-corrected chi connectivity index (χ2v) is 12.3. The number of anilines is 1. The number of piperidine rings is 1. The summed E-state index contributed by atoms with van der Waals surface area (Å²) in [7, 11) is 0. The molecule has 0 bridgehead atoms. The van der Waals surface area contributed by atoms with Gasteiger partial charge in [0.1, 0.15) is 11.7 Å². The molecule has 0 saturated carbocycles. The van der Waals surface area contributed by atoms with Gasteiger partial charge >= 0.3 is 12.2 Å². The van der Waals surface area contributed by atoms with E-state index in [1.54, 1.807) is 45.0 Å². The SMILES string of the molecule is CC(C)(C)OC(=O)NCCNC(=O)c1cccc(C(=O)CNCCN2CCC(OC(=O)Nc3ccccc3-c3ccccc3)CC2)c1. The quantitative estimate of drug-likeness (QED) is 0.149. The average molecular weight is 644 g/mol. The third-order valence-electron chi connectivity index (χ3n) is 7.47. The molecule has 0 unspecified atom stereocenters. The maximum absolute atomic E-state index is 12.8. The molecular formula is C36H45N5O6. The van der Waals surface area contributed by atoms with Crippen LogP contribution in [0.15, 0.2) is 78.9 Å².